The number of thioether (sulfide) groups is 1. The Bertz CT molecular complexity index is 535. The first-order chi connectivity index (χ1) is 10.1. The maximum absolute atomic E-state index is 11.6. The number of nitrogens with one attached hydrogen (secondary N) is 1. The van der Waals surface area contributed by atoms with E-state index >= 15 is 0 Å². The minimum Gasteiger partial charge on any atom is -0.272 e. The Balaban J connectivity index is 1.69. The van der Waals surface area contributed by atoms with Gasteiger partial charge in [0.1, 0.15) is 0 Å². The molecule has 0 aromatic heterocycles. The number of benzene rings is 1. The van der Waals surface area contributed by atoms with Crippen LogP contribution in [-0.4, -0.2) is 22.3 Å². The van der Waals surface area contributed by atoms with Gasteiger partial charge in [-0.3, -0.25) is 14.9 Å². The van der Waals surface area contributed by atoms with Crippen molar-refractivity contribution in [1.29, 1.82) is 0 Å². The van der Waals surface area contributed by atoms with Gasteiger partial charge in [-0.2, -0.15) is 5.10 Å². The molecule has 1 aliphatic rings. The number of hydrogen-bond donors (Lipinski definition) is 1. The third-order valence-electron chi connectivity index (χ3n) is 3.17. The molecule has 0 aliphatic heterocycles. The van der Waals surface area contributed by atoms with Gasteiger partial charge in [0.15, 0.2) is 0 Å². The van der Waals surface area contributed by atoms with E-state index in [1.54, 1.807) is 12.1 Å². The van der Waals surface area contributed by atoms with Crippen molar-refractivity contribution in [1.82, 2.24) is 5.43 Å². The van der Waals surface area contributed by atoms with Crippen LogP contribution in [0.1, 0.15) is 31.2 Å². The highest BCUT2D eigenvalue weighted by Gasteiger charge is 2.09. The lowest BCUT2D eigenvalue weighted by atomic mass is 10.2. The Morgan fingerprint density at radius 2 is 1.95 bits per heavy atom. The zero-order valence-corrected chi connectivity index (χ0v) is 12.4. The van der Waals surface area contributed by atoms with Gasteiger partial charge in [0.2, 0.25) is 5.91 Å². The first kappa shape index (κ1) is 15.5. The number of nitro benzene ring substituents is 1. The van der Waals surface area contributed by atoms with Crippen LogP contribution in [0, 0.1) is 10.1 Å². The second-order valence-corrected chi connectivity index (χ2v) is 5.82. The highest BCUT2D eigenvalue weighted by molar-refractivity contribution is 7.99. The Kier molecular flexibility index (Phi) is 5.74. The lowest BCUT2D eigenvalue weighted by Crippen LogP contribution is -2.21. The van der Waals surface area contributed by atoms with Gasteiger partial charge in [-0.15, -0.1) is 11.8 Å². The van der Waals surface area contributed by atoms with E-state index < -0.39 is 4.92 Å². The lowest BCUT2D eigenvalue weighted by Gasteiger charge is -2.02. The predicted molar refractivity (Wildman–Crippen MR) is 83.3 cm³/mol. The van der Waals surface area contributed by atoms with Crippen molar-refractivity contribution in [3.63, 3.8) is 0 Å². The minimum absolute atomic E-state index is 0.0777. The van der Waals surface area contributed by atoms with Gasteiger partial charge in [0.05, 0.1) is 10.7 Å². The van der Waals surface area contributed by atoms with E-state index in [4.69, 9.17) is 0 Å². The van der Waals surface area contributed by atoms with E-state index in [2.05, 4.69) is 10.5 Å². The fraction of sp³-hybridized carbons (Fsp3) is 0.429. The van der Waals surface area contributed by atoms with Crippen molar-refractivity contribution >= 4 is 29.1 Å². The number of rotatable bonds is 6. The van der Waals surface area contributed by atoms with Crippen LogP contribution in [0.2, 0.25) is 0 Å². The third-order valence-corrected chi connectivity index (χ3v) is 4.17. The second-order valence-electron chi connectivity index (χ2n) is 4.84. The van der Waals surface area contributed by atoms with Crippen molar-refractivity contribution in [2.24, 2.45) is 5.10 Å². The summed E-state index contributed by atoms with van der Waals surface area (Å²) in [6.45, 7) is 0. The fourth-order valence-electron chi connectivity index (χ4n) is 2.04. The van der Waals surface area contributed by atoms with Crippen LogP contribution >= 0.6 is 11.8 Å². The zero-order chi connectivity index (χ0) is 15.1. The standard InChI is InChI=1S/C14H17N3O3S/c18-14(16-15-12-3-1-2-4-12)10-21-9-11-5-7-13(8-6-11)17(19)20/h5-8H,1-4,9-10H2,(H,16,18). The van der Waals surface area contributed by atoms with E-state index in [1.165, 1.54) is 23.9 Å². The molecule has 1 amide bonds. The van der Waals surface area contributed by atoms with Crippen LogP contribution in [0.5, 0.6) is 0 Å². The number of hydrazone groups is 1. The van der Waals surface area contributed by atoms with E-state index in [-0.39, 0.29) is 11.6 Å². The van der Waals surface area contributed by atoms with Gasteiger partial charge in [0, 0.05) is 23.6 Å². The average Bonchev–Trinajstić information content (AvgIpc) is 2.99. The quantitative estimate of drug-likeness (QED) is 0.647. The maximum atomic E-state index is 11.6. The van der Waals surface area contributed by atoms with Crippen LogP contribution in [0.3, 0.4) is 0 Å². The molecular weight excluding hydrogens is 290 g/mol. The zero-order valence-electron chi connectivity index (χ0n) is 11.6. The van der Waals surface area contributed by atoms with Crippen LogP contribution in [0.15, 0.2) is 29.4 Å². The van der Waals surface area contributed by atoms with Gasteiger partial charge in [-0.05, 0) is 31.2 Å². The number of nitrogens with zero attached hydrogens (tertiary/aromatic N) is 2. The third kappa shape index (κ3) is 5.18. The number of hydrogen-bond acceptors (Lipinski definition) is 5. The van der Waals surface area contributed by atoms with Gasteiger partial charge < -0.3 is 0 Å². The molecule has 112 valence electrons. The van der Waals surface area contributed by atoms with Gasteiger partial charge in [-0.25, -0.2) is 5.43 Å². The predicted octanol–water partition coefficient (Wildman–Crippen LogP) is 2.87. The van der Waals surface area contributed by atoms with Crippen molar-refractivity contribution in [2.45, 2.75) is 31.4 Å². The highest BCUT2D eigenvalue weighted by atomic mass is 32.2. The number of carbonyl (C=O) groups is 1. The van der Waals surface area contributed by atoms with Gasteiger partial charge >= 0.3 is 0 Å². The summed E-state index contributed by atoms with van der Waals surface area (Å²) in [5.41, 5.74) is 4.68. The summed E-state index contributed by atoms with van der Waals surface area (Å²) in [4.78, 5) is 21.7. The summed E-state index contributed by atoms with van der Waals surface area (Å²) >= 11 is 1.46. The summed E-state index contributed by atoms with van der Waals surface area (Å²) in [7, 11) is 0. The average molecular weight is 307 g/mol. The molecular formula is C14H17N3O3S. The molecule has 0 bridgehead atoms. The Morgan fingerprint density at radius 3 is 2.57 bits per heavy atom. The van der Waals surface area contributed by atoms with E-state index in [0.29, 0.717) is 11.5 Å². The maximum Gasteiger partial charge on any atom is 0.269 e. The molecule has 0 radical (unpaired) electrons. The largest absolute Gasteiger partial charge is 0.272 e. The Labute approximate surface area is 127 Å². The van der Waals surface area contributed by atoms with Crippen LogP contribution in [-0.2, 0) is 10.5 Å². The van der Waals surface area contributed by atoms with Crippen molar-refractivity contribution < 1.29 is 9.72 Å². The molecule has 6 nitrogen and oxygen atoms in total. The number of carbonyl (C=O) groups excluding carboxylic acids is 1. The smallest absolute Gasteiger partial charge is 0.269 e. The topological polar surface area (TPSA) is 84.6 Å². The Hall–Kier alpha value is -1.89. The molecule has 2 rings (SSSR count). The van der Waals surface area contributed by atoms with Crippen molar-refractivity contribution in [2.75, 3.05) is 5.75 Å². The van der Waals surface area contributed by atoms with E-state index in [9.17, 15) is 14.9 Å². The molecule has 0 atom stereocenters. The molecule has 0 unspecified atom stereocenters. The lowest BCUT2D eigenvalue weighted by molar-refractivity contribution is -0.384. The highest BCUT2D eigenvalue weighted by Crippen LogP contribution is 2.17. The summed E-state index contributed by atoms with van der Waals surface area (Å²) in [5.74, 6) is 0.858. The molecule has 1 aromatic rings. The van der Waals surface area contributed by atoms with E-state index in [1.807, 2.05) is 0 Å². The van der Waals surface area contributed by atoms with E-state index in [0.717, 1.165) is 37.0 Å². The number of amides is 1. The second kappa shape index (κ2) is 7.78. The summed E-state index contributed by atoms with van der Waals surface area (Å²) in [6.07, 6.45) is 4.28. The van der Waals surface area contributed by atoms with Crippen LogP contribution < -0.4 is 5.43 Å². The minimum atomic E-state index is -0.424. The monoisotopic (exact) mass is 307 g/mol. The molecule has 1 saturated carbocycles. The molecule has 7 heteroatoms. The number of non-ortho nitro benzene ring substituents is 1. The van der Waals surface area contributed by atoms with Gasteiger partial charge in [0.25, 0.3) is 5.69 Å². The van der Waals surface area contributed by atoms with Crippen LogP contribution in [0.25, 0.3) is 0 Å². The first-order valence-corrected chi connectivity index (χ1v) is 7.96. The van der Waals surface area contributed by atoms with Crippen molar-refractivity contribution in [3.8, 4) is 0 Å². The first-order valence-electron chi connectivity index (χ1n) is 6.80. The molecule has 1 fully saturated rings. The molecule has 21 heavy (non-hydrogen) atoms. The molecule has 1 N–H and O–H groups in total. The number of nitro groups is 1. The SMILES string of the molecule is O=C(CSCc1ccc([N+](=O)[O-])cc1)NN=C1CCCC1. The fourth-order valence-corrected chi connectivity index (χ4v) is 2.82. The molecule has 0 saturated heterocycles. The molecule has 0 spiro atoms. The van der Waals surface area contributed by atoms with Crippen LogP contribution in [0.4, 0.5) is 5.69 Å². The molecule has 0 heterocycles. The summed E-state index contributed by atoms with van der Waals surface area (Å²) < 4.78 is 0. The van der Waals surface area contributed by atoms with Crippen molar-refractivity contribution in [3.05, 3.63) is 39.9 Å². The van der Waals surface area contributed by atoms with Gasteiger partial charge in [-0.1, -0.05) is 12.1 Å². The Morgan fingerprint density at radius 1 is 1.29 bits per heavy atom. The normalized spacial score (nSPS) is 14.0. The molecule has 1 aliphatic carbocycles. The molecule has 1 aromatic carbocycles. The summed E-state index contributed by atoms with van der Waals surface area (Å²) in [6, 6.07) is 6.37. The summed E-state index contributed by atoms with van der Waals surface area (Å²) in [5, 5.41) is 14.6.